The van der Waals surface area contributed by atoms with Crippen molar-refractivity contribution >= 4 is 16.9 Å². The molecule has 0 bridgehead atoms. The molecule has 0 radical (unpaired) electrons. The molecule has 0 aliphatic heterocycles. The van der Waals surface area contributed by atoms with Gasteiger partial charge in [0.15, 0.2) is 0 Å². The number of aromatic nitrogens is 4. The SMILES string of the molecule is Cc1nn(C)c2cnn(CCC(=O)NCC3(c4ccccc4)CCCCC3)c12. The maximum absolute atomic E-state index is 12.6. The van der Waals surface area contributed by atoms with Gasteiger partial charge in [0.05, 0.1) is 18.4 Å². The van der Waals surface area contributed by atoms with Crippen molar-refractivity contribution in [2.24, 2.45) is 7.05 Å². The zero-order valence-electron chi connectivity index (χ0n) is 16.8. The standard InChI is InChI=1S/C22H29N5O/c1-17-21-19(26(2)25-17)15-24-27(21)14-11-20(28)23-16-22(12-7-4-8-13-22)18-9-5-3-6-10-18/h3,5-6,9-10,15H,4,7-8,11-14,16H2,1-2H3,(H,23,28). The number of amides is 1. The molecular formula is C22H29N5O. The second-order valence-electron chi connectivity index (χ2n) is 8.04. The Labute approximate surface area is 165 Å². The van der Waals surface area contributed by atoms with Crippen molar-refractivity contribution in [1.82, 2.24) is 24.9 Å². The first-order chi connectivity index (χ1) is 13.6. The summed E-state index contributed by atoms with van der Waals surface area (Å²) in [6.45, 7) is 3.27. The Bertz CT molecular complexity index is 950. The van der Waals surface area contributed by atoms with Gasteiger partial charge in [-0.25, -0.2) is 0 Å². The number of fused-ring (bicyclic) bond motifs is 1. The van der Waals surface area contributed by atoms with Crippen molar-refractivity contribution < 1.29 is 4.79 Å². The molecule has 28 heavy (non-hydrogen) atoms. The maximum Gasteiger partial charge on any atom is 0.221 e. The van der Waals surface area contributed by atoms with Gasteiger partial charge in [0.1, 0.15) is 11.0 Å². The zero-order chi connectivity index (χ0) is 19.6. The van der Waals surface area contributed by atoms with E-state index in [1.807, 2.05) is 29.5 Å². The van der Waals surface area contributed by atoms with Crippen LogP contribution in [-0.4, -0.2) is 32.0 Å². The van der Waals surface area contributed by atoms with E-state index in [1.54, 1.807) is 0 Å². The largest absolute Gasteiger partial charge is 0.355 e. The summed E-state index contributed by atoms with van der Waals surface area (Å²) in [4.78, 5) is 12.6. The van der Waals surface area contributed by atoms with Crippen LogP contribution in [0, 0.1) is 6.92 Å². The smallest absolute Gasteiger partial charge is 0.221 e. The van der Waals surface area contributed by atoms with Crippen molar-refractivity contribution in [3.8, 4) is 0 Å². The number of carbonyl (C=O) groups is 1. The van der Waals surface area contributed by atoms with Crippen LogP contribution in [0.25, 0.3) is 11.0 Å². The molecule has 3 aromatic rings. The van der Waals surface area contributed by atoms with Crippen molar-refractivity contribution in [2.75, 3.05) is 6.54 Å². The van der Waals surface area contributed by atoms with Gasteiger partial charge in [0.2, 0.25) is 5.91 Å². The van der Waals surface area contributed by atoms with E-state index >= 15 is 0 Å². The third kappa shape index (κ3) is 3.55. The van der Waals surface area contributed by atoms with Crippen LogP contribution < -0.4 is 5.32 Å². The van der Waals surface area contributed by atoms with E-state index in [0.29, 0.717) is 13.0 Å². The average molecular weight is 380 g/mol. The minimum Gasteiger partial charge on any atom is -0.355 e. The van der Waals surface area contributed by atoms with Gasteiger partial charge in [-0.15, -0.1) is 0 Å². The molecule has 0 atom stereocenters. The van der Waals surface area contributed by atoms with E-state index < -0.39 is 0 Å². The van der Waals surface area contributed by atoms with Crippen LogP contribution in [0.1, 0.15) is 49.8 Å². The highest BCUT2D eigenvalue weighted by molar-refractivity contribution is 5.78. The molecule has 0 spiro atoms. The lowest BCUT2D eigenvalue weighted by Gasteiger charge is -2.38. The van der Waals surface area contributed by atoms with Crippen LogP contribution in [-0.2, 0) is 23.8 Å². The quantitative estimate of drug-likeness (QED) is 0.713. The van der Waals surface area contributed by atoms with Gasteiger partial charge in [-0.3, -0.25) is 14.2 Å². The molecule has 1 aromatic carbocycles. The molecule has 148 valence electrons. The predicted molar refractivity (Wildman–Crippen MR) is 110 cm³/mol. The average Bonchev–Trinajstić information content (AvgIpc) is 3.28. The van der Waals surface area contributed by atoms with E-state index in [9.17, 15) is 4.79 Å². The molecule has 1 saturated carbocycles. The Hall–Kier alpha value is -2.63. The van der Waals surface area contributed by atoms with Crippen LogP contribution in [0.5, 0.6) is 0 Å². The van der Waals surface area contributed by atoms with Gasteiger partial charge in [-0.1, -0.05) is 49.6 Å². The summed E-state index contributed by atoms with van der Waals surface area (Å²) in [6, 6.07) is 10.7. The fourth-order valence-corrected chi connectivity index (χ4v) is 4.63. The fraction of sp³-hybridized carbons (Fsp3) is 0.500. The third-order valence-electron chi connectivity index (χ3n) is 6.18. The molecule has 6 nitrogen and oxygen atoms in total. The van der Waals surface area contributed by atoms with Gasteiger partial charge >= 0.3 is 0 Å². The van der Waals surface area contributed by atoms with Crippen LogP contribution in [0.2, 0.25) is 0 Å². The Morgan fingerprint density at radius 2 is 1.93 bits per heavy atom. The van der Waals surface area contributed by atoms with Gasteiger partial charge in [-0.05, 0) is 25.3 Å². The summed E-state index contributed by atoms with van der Waals surface area (Å²) in [5.41, 5.74) is 4.40. The first kappa shape index (κ1) is 18.7. The Kier molecular flexibility index (Phi) is 5.20. The number of hydrogen-bond acceptors (Lipinski definition) is 3. The molecule has 0 unspecified atom stereocenters. The topological polar surface area (TPSA) is 64.7 Å². The normalized spacial score (nSPS) is 16.4. The van der Waals surface area contributed by atoms with Crippen molar-refractivity contribution in [1.29, 1.82) is 0 Å². The fourth-order valence-electron chi connectivity index (χ4n) is 4.63. The minimum absolute atomic E-state index is 0.0775. The highest BCUT2D eigenvalue weighted by Crippen LogP contribution is 2.38. The summed E-state index contributed by atoms with van der Waals surface area (Å²) >= 11 is 0. The molecule has 1 N–H and O–H groups in total. The molecule has 1 amide bonds. The number of hydrogen-bond donors (Lipinski definition) is 1. The minimum atomic E-state index is 0.0775. The molecule has 1 fully saturated rings. The van der Waals surface area contributed by atoms with E-state index in [4.69, 9.17) is 0 Å². The highest BCUT2D eigenvalue weighted by atomic mass is 16.1. The zero-order valence-corrected chi connectivity index (χ0v) is 16.8. The number of carbonyl (C=O) groups excluding carboxylic acids is 1. The molecule has 2 heterocycles. The number of nitrogens with zero attached hydrogens (tertiary/aromatic N) is 4. The van der Waals surface area contributed by atoms with Crippen LogP contribution in [0.4, 0.5) is 0 Å². The van der Waals surface area contributed by atoms with Gasteiger partial charge in [0, 0.05) is 25.4 Å². The Balaban J connectivity index is 1.40. The lowest BCUT2D eigenvalue weighted by atomic mass is 9.69. The summed E-state index contributed by atoms with van der Waals surface area (Å²) in [7, 11) is 1.92. The molecule has 6 heteroatoms. The number of rotatable bonds is 6. The van der Waals surface area contributed by atoms with Gasteiger partial charge < -0.3 is 5.32 Å². The number of aryl methyl sites for hydroxylation is 3. The second kappa shape index (κ2) is 7.78. The second-order valence-corrected chi connectivity index (χ2v) is 8.04. The summed E-state index contributed by atoms with van der Waals surface area (Å²) in [5.74, 6) is 0.0890. The molecular weight excluding hydrogens is 350 g/mol. The summed E-state index contributed by atoms with van der Waals surface area (Å²) in [5, 5.41) is 12.1. The van der Waals surface area contributed by atoms with Crippen molar-refractivity contribution in [3.63, 3.8) is 0 Å². The van der Waals surface area contributed by atoms with Gasteiger partial charge in [0.25, 0.3) is 0 Å². The van der Waals surface area contributed by atoms with Crippen LogP contribution in [0.3, 0.4) is 0 Å². The number of nitrogens with one attached hydrogen (secondary N) is 1. The van der Waals surface area contributed by atoms with E-state index in [0.717, 1.165) is 36.1 Å². The maximum atomic E-state index is 12.6. The molecule has 2 aromatic heterocycles. The first-order valence-electron chi connectivity index (χ1n) is 10.3. The summed E-state index contributed by atoms with van der Waals surface area (Å²) in [6.07, 6.45) is 8.29. The molecule has 4 rings (SSSR count). The Morgan fingerprint density at radius 3 is 2.68 bits per heavy atom. The summed E-state index contributed by atoms with van der Waals surface area (Å²) < 4.78 is 3.73. The molecule has 0 saturated heterocycles. The lowest BCUT2D eigenvalue weighted by molar-refractivity contribution is -0.121. The Morgan fingerprint density at radius 1 is 1.18 bits per heavy atom. The lowest BCUT2D eigenvalue weighted by Crippen LogP contribution is -2.42. The van der Waals surface area contributed by atoms with Crippen LogP contribution >= 0.6 is 0 Å². The van der Waals surface area contributed by atoms with E-state index in [1.165, 1.54) is 24.8 Å². The number of benzene rings is 1. The molecule has 1 aliphatic rings. The van der Waals surface area contributed by atoms with Gasteiger partial charge in [-0.2, -0.15) is 10.2 Å². The van der Waals surface area contributed by atoms with E-state index in [-0.39, 0.29) is 11.3 Å². The van der Waals surface area contributed by atoms with Crippen LogP contribution in [0.15, 0.2) is 36.5 Å². The first-order valence-corrected chi connectivity index (χ1v) is 10.3. The monoisotopic (exact) mass is 379 g/mol. The third-order valence-corrected chi connectivity index (χ3v) is 6.18. The predicted octanol–water partition coefficient (Wildman–Crippen LogP) is 3.49. The van der Waals surface area contributed by atoms with Crippen molar-refractivity contribution in [3.05, 3.63) is 47.8 Å². The van der Waals surface area contributed by atoms with Crippen molar-refractivity contribution in [2.45, 2.75) is 57.4 Å². The molecule has 1 aliphatic carbocycles. The highest BCUT2D eigenvalue weighted by Gasteiger charge is 2.34. The van der Waals surface area contributed by atoms with E-state index in [2.05, 4.69) is 45.8 Å².